The molecule has 11 heavy (non-hydrogen) atoms. The van der Waals surface area contributed by atoms with Gasteiger partial charge < -0.3 is 10.2 Å². The van der Waals surface area contributed by atoms with Gasteiger partial charge in [0.1, 0.15) is 11.5 Å². The summed E-state index contributed by atoms with van der Waals surface area (Å²) >= 11 is 0. The molecule has 0 radical (unpaired) electrons. The van der Waals surface area contributed by atoms with Crippen LogP contribution in [0.2, 0.25) is 0 Å². The van der Waals surface area contributed by atoms with Crippen molar-refractivity contribution in [1.29, 1.82) is 0 Å². The largest absolute Gasteiger partial charge is 0.508 e. The van der Waals surface area contributed by atoms with E-state index < -0.39 is 0 Å². The maximum absolute atomic E-state index is 9.23. The Hall–Kier alpha value is -1.44. The van der Waals surface area contributed by atoms with Crippen molar-refractivity contribution in [3.05, 3.63) is 29.8 Å². The summed E-state index contributed by atoms with van der Waals surface area (Å²) in [5, 5.41) is 18.4. The minimum atomic E-state index is 0.148. The van der Waals surface area contributed by atoms with E-state index in [1.165, 1.54) is 18.2 Å². The van der Waals surface area contributed by atoms with Crippen LogP contribution in [0.15, 0.2) is 18.7 Å². The Morgan fingerprint density at radius 2 is 1.82 bits per heavy atom. The highest BCUT2D eigenvalue weighted by atomic mass is 16.3. The molecule has 1 aromatic rings. The van der Waals surface area contributed by atoms with Crippen LogP contribution < -0.4 is 0 Å². The molecule has 0 spiro atoms. The zero-order chi connectivity index (χ0) is 8.43. The van der Waals surface area contributed by atoms with Crippen LogP contribution in [-0.2, 0) is 0 Å². The van der Waals surface area contributed by atoms with Crippen LogP contribution in [0.25, 0.3) is 6.08 Å². The molecular formula is C9H10O2. The highest BCUT2D eigenvalue weighted by Gasteiger charge is 2.03. The molecular weight excluding hydrogens is 140 g/mol. The zero-order valence-corrected chi connectivity index (χ0v) is 6.33. The summed E-state index contributed by atoms with van der Waals surface area (Å²) in [7, 11) is 0. The van der Waals surface area contributed by atoms with Crippen LogP contribution in [0.5, 0.6) is 11.5 Å². The van der Waals surface area contributed by atoms with E-state index in [0.717, 1.165) is 0 Å². The molecule has 0 amide bonds. The predicted molar refractivity (Wildman–Crippen MR) is 44.6 cm³/mol. The minimum absolute atomic E-state index is 0.148. The highest BCUT2D eigenvalue weighted by Crippen LogP contribution is 2.28. The van der Waals surface area contributed by atoms with Gasteiger partial charge in [-0.05, 0) is 19.1 Å². The maximum atomic E-state index is 9.23. The summed E-state index contributed by atoms with van der Waals surface area (Å²) in [6.07, 6.45) is 1.52. The van der Waals surface area contributed by atoms with Crippen molar-refractivity contribution in [2.45, 2.75) is 6.92 Å². The standard InChI is InChI=1S/C9H10O2/c1-3-7-6(2)8(10)4-5-9(7)11/h3-5,10-11H,1H2,2H3. The second-order valence-corrected chi connectivity index (χ2v) is 2.35. The van der Waals surface area contributed by atoms with Crippen molar-refractivity contribution in [2.24, 2.45) is 0 Å². The number of aromatic hydroxyl groups is 2. The van der Waals surface area contributed by atoms with Crippen LogP contribution in [-0.4, -0.2) is 10.2 Å². The molecule has 1 aromatic carbocycles. The molecule has 0 fully saturated rings. The average molecular weight is 150 g/mol. The van der Waals surface area contributed by atoms with Gasteiger partial charge in [-0.2, -0.15) is 0 Å². The highest BCUT2D eigenvalue weighted by molar-refractivity contribution is 5.62. The number of phenols is 2. The quantitative estimate of drug-likeness (QED) is 0.601. The van der Waals surface area contributed by atoms with E-state index in [1.54, 1.807) is 6.92 Å². The third-order valence-corrected chi connectivity index (χ3v) is 1.67. The fourth-order valence-electron chi connectivity index (χ4n) is 0.960. The fraction of sp³-hybridized carbons (Fsp3) is 0.111. The monoisotopic (exact) mass is 150 g/mol. The van der Waals surface area contributed by atoms with Crippen molar-refractivity contribution >= 4 is 6.08 Å². The Balaban J connectivity index is 3.40. The lowest BCUT2D eigenvalue weighted by molar-refractivity contribution is 0.455. The van der Waals surface area contributed by atoms with E-state index in [0.29, 0.717) is 11.1 Å². The Kier molecular flexibility index (Phi) is 1.85. The predicted octanol–water partition coefficient (Wildman–Crippen LogP) is 2.05. The van der Waals surface area contributed by atoms with Gasteiger partial charge in [-0.15, -0.1) is 0 Å². The SMILES string of the molecule is C=Cc1c(O)ccc(O)c1C. The molecule has 0 aromatic heterocycles. The van der Waals surface area contributed by atoms with Gasteiger partial charge in [0.15, 0.2) is 0 Å². The van der Waals surface area contributed by atoms with Crippen molar-refractivity contribution in [3.8, 4) is 11.5 Å². The normalized spacial score (nSPS) is 9.55. The number of benzene rings is 1. The van der Waals surface area contributed by atoms with Gasteiger partial charge >= 0.3 is 0 Å². The van der Waals surface area contributed by atoms with E-state index in [2.05, 4.69) is 6.58 Å². The lowest BCUT2D eigenvalue weighted by atomic mass is 10.1. The van der Waals surface area contributed by atoms with Crippen LogP contribution in [0, 0.1) is 6.92 Å². The van der Waals surface area contributed by atoms with Gasteiger partial charge in [0.25, 0.3) is 0 Å². The minimum Gasteiger partial charge on any atom is -0.508 e. The molecule has 2 nitrogen and oxygen atoms in total. The van der Waals surface area contributed by atoms with Gasteiger partial charge in [-0.3, -0.25) is 0 Å². The van der Waals surface area contributed by atoms with Gasteiger partial charge in [0.05, 0.1) is 0 Å². The number of rotatable bonds is 1. The summed E-state index contributed by atoms with van der Waals surface area (Å²) < 4.78 is 0. The molecule has 0 bridgehead atoms. The van der Waals surface area contributed by atoms with Gasteiger partial charge in [0.2, 0.25) is 0 Å². The van der Waals surface area contributed by atoms with Crippen LogP contribution in [0.3, 0.4) is 0 Å². The van der Waals surface area contributed by atoms with Crippen molar-refractivity contribution in [3.63, 3.8) is 0 Å². The van der Waals surface area contributed by atoms with E-state index in [9.17, 15) is 10.2 Å². The van der Waals surface area contributed by atoms with Gasteiger partial charge in [-0.1, -0.05) is 12.7 Å². The molecule has 0 aliphatic heterocycles. The molecule has 0 aliphatic carbocycles. The topological polar surface area (TPSA) is 40.5 Å². The number of hydrogen-bond acceptors (Lipinski definition) is 2. The third kappa shape index (κ3) is 1.19. The second kappa shape index (κ2) is 2.66. The fourth-order valence-corrected chi connectivity index (χ4v) is 0.960. The lowest BCUT2D eigenvalue weighted by Crippen LogP contribution is -1.81. The van der Waals surface area contributed by atoms with E-state index in [4.69, 9.17) is 0 Å². The summed E-state index contributed by atoms with van der Waals surface area (Å²) in [6, 6.07) is 2.90. The first-order valence-corrected chi connectivity index (χ1v) is 3.30. The number of phenolic OH excluding ortho intramolecular Hbond substituents is 2. The molecule has 2 N–H and O–H groups in total. The molecule has 0 saturated carbocycles. The summed E-state index contributed by atoms with van der Waals surface area (Å²) in [6.45, 7) is 5.25. The Labute approximate surface area is 65.4 Å². The Bertz CT molecular complexity index is 290. The lowest BCUT2D eigenvalue weighted by Gasteiger charge is -2.04. The van der Waals surface area contributed by atoms with Crippen LogP contribution in [0.1, 0.15) is 11.1 Å². The van der Waals surface area contributed by atoms with Crippen LogP contribution >= 0.6 is 0 Å². The molecule has 0 unspecified atom stereocenters. The zero-order valence-electron chi connectivity index (χ0n) is 6.33. The van der Waals surface area contributed by atoms with Gasteiger partial charge in [0, 0.05) is 11.1 Å². The average Bonchev–Trinajstić information content (AvgIpc) is 1.99. The molecule has 0 aliphatic rings. The molecule has 0 heterocycles. The second-order valence-electron chi connectivity index (χ2n) is 2.35. The van der Waals surface area contributed by atoms with E-state index in [1.807, 2.05) is 0 Å². The van der Waals surface area contributed by atoms with Crippen molar-refractivity contribution in [1.82, 2.24) is 0 Å². The van der Waals surface area contributed by atoms with Gasteiger partial charge in [-0.25, -0.2) is 0 Å². The summed E-state index contributed by atoms with van der Waals surface area (Å²) in [4.78, 5) is 0. The Morgan fingerprint density at radius 3 is 2.27 bits per heavy atom. The van der Waals surface area contributed by atoms with Crippen LogP contribution in [0.4, 0.5) is 0 Å². The van der Waals surface area contributed by atoms with E-state index >= 15 is 0 Å². The number of hydrogen-bond donors (Lipinski definition) is 2. The first-order valence-electron chi connectivity index (χ1n) is 3.30. The summed E-state index contributed by atoms with van der Waals surface area (Å²) in [5.74, 6) is 0.327. The van der Waals surface area contributed by atoms with E-state index in [-0.39, 0.29) is 11.5 Å². The molecule has 1 rings (SSSR count). The Morgan fingerprint density at radius 1 is 1.27 bits per heavy atom. The smallest absolute Gasteiger partial charge is 0.123 e. The molecule has 0 atom stereocenters. The molecule has 0 saturated heterocycles. The molecule has 2 heteroatoms. The van der Waals surface area contributed by atoms with Crippen molar-refractivity contribution in [2.75, 3.05) is 0 Å². The van der Waals surface area contributed by atoms with Crippen molar-refractivity contribution < 1.29 is 10.2 Å². The third-order valence-electron chi connectivity index (χ3n) is 1.67. The first-order chi connectivity index (χ1) is 5.16. The molecule has 58 valence electrons. The maximum Gasteiger partial charge on any atom is 0.123 e. The summed E-state index contributed by atoms with van der Waals surface area (Å²) in [5.41, 5.74) is 1.24. The first kappa shape index (κ1) is 7.66.